The molecule has 0 unspecified atom stereocenters. The first-order chi connectivity index (χ1) is 13.6. The van der Waals surface area contributed by atoms with Crippen LogP contribution in [0.15, 0.2) is 79.0 Å². The number of pyridine rings is 1. The molecule has 0 aliphatic heterocycles. The number of para-hydroxylation sites is 1. The van der Waals surface area contributed by atoms with E-state index in [9.17, 15) is 9.90 Å². The Morgan fingerprint density at radius 1 is 1.00 bits per heavy atom. The lowest BCUT2D eigenvalue weighted by Crippen LogP contribution is -2.08. The van der Waals surface area contributed by atoms with Crippen molar-refractivity contribution in [1.29, 1.82) is 0 Å². The zero-order valence-electron chi connectivity index (χ0n) is 14.6. The average Bonchev–Trinajstić information content (AvgIpc) is 3.13. The van der Waals surface area contributed by atoms with Crippen LogP contribution >= 0.6 is 11.6 Å². The van der Waals surface area contributed by atoms with Crippen LogP contribution in [-0.4, -0.2) is 25.8 Å². The van der Waals surface area contributed by atoms with Crippen molar-refractivity contribution in [2.45, 2.75) is 0 Å². The number of carbonyl (C=O) groups is 1. The van der Waals surface area contributed by atoms with Crippen molar-refractivity contribution in [2.24, 2.45) is 0 Å². The lowest BCUT2D eigenvalue weighted by Gasteiger charge is -2.11. The number of aromatic nitrogens is 3. The molecule has 0 bridgehead atoms. The summed E-state index contributed by atoms with van der Waals surface area (Å²) < 4.78 is 1.64. The molecule has 2 aromatic carbocycles. The third kappa shape index (κ3) is 3.45. The molecule has 4 rings (SSSR count). The van der Waals surface area contributed by atoms with E-state index >= 15 is 0 Å². The molecule has 2 N–H and O–H groups in total. The Bertz CT molecular complexity index is 1140. The maximum absolute atomic E-state index is 11.5. The molecular weight excluding hydrogens is 376 g/mol. The minimum absolute atomic E-state index is 0.0654. The van der Waals surface area contributed by atoms with Crippen LogP contribution in [0.5, 0.6) is 0 Å². The number of anilines is 2. The van der Waals surface area contributed by atoms with Gasteiger partial charge in [-0.1, -0.05) is 54.1 Å². The molecule has 28 heavy (non-hydrogen) atoms. The zero-order chi connectivity index (χ0) is 19.5. The highest BCUT2D eigenvalue weighted by Gasteiger charge is 2.17. The highest BCUT2D eigenvalue weighted by molar-refractivity contribution is 6.32. The number of hydrogen-bond acceptors (Lipinski definition) is 4. The van der Waals surface area contributed by atoms with Crippen molar-refractivity contribution < 1.29 is 9.90 Å². The lowest BCUT2D eigenvalue weighted by atomic mass is 10.1. The van der Waals surface area contributed by atoms with E-state index in [2.05, 4.69) is 15.4 Å². The van der Waals surface area contributed by atoms with E-state index < -0.39 is 5.97 Å². The smallest absolute Gasteiger partial charge is 0.339 e. The zero-order valence-corrected chi connectivity index (χ0v) is 15.3. The molecule has 0 radical (unpaired) electrons. The van der Waals surface area contributed by atoms with Crippen molar-refractivity contribution in [2.75, 3.05) is 5.32 Å². The second-order valence-corrected chi connectivity index (χ2v) is 6.38. The van der Waals surface area contributed by atoms with Crippen LogP contribution in [0.1, 0.15) is 10.4 Å². The first kappa shape index (κ1) is 17.8. The van der Waals surface area contributed by atoms with Gasteiger partial charge in [0.15, 0.2) is 0 Å². The number of hydrogen-bond donors (Lipinski definition) is 2. The number of aromatic carboxylic acids is 1. The fourth-order valence-electron chi connectivity index (χ4n) is 2.83. The third-order valence-electron chi connectivity index (χ3n) is 4.14. The Kier molecular flexibility index (Phi) is 4.78. The SMILES string of the molecule is O=C(O)c1cccnc1Nc1cc(-c2ccccc2)nn1-c1ccccc1Cl. The molecule has 7 heteroatoms. The quantitative estimate of drug-likeness (QED) is 0.499. The topological polar surface area (TPSA) is 80.0 Å². The number of nitrogens with one attached hydrogen (secondary N) is 1. The molecule has 2 aromatic heterocycles. The van der Waals surface area contributed by atoms with Gasteiger partial charge >= 0.3 is 5.97 Å². The van der Waals surface area contributed by atoms with Crippen LogP contribution in [0.3, 0.4) is 0 Å². The molecule has 0 fully saturated rings. The third-order valence-corrected chi connectivity index (χ3v) is 4.46. The van der Waals surface area contributed by atoms with Gasteiger partial charge in [-0.3, -0.25) is 0 Å². The molecule has 2 heterocycles. The number of halogens is 1. The van der Waals surface area contributed by atoms with Crippen LogP contribution in [-0.2, 0) is 0 Å². The number of benzene rings is 2. The summed E-state index contributed by atoms with van der Waals surface area (Å²) in [6, 6.07) is 21.9. The van der Waals surface area contributed by atoms with E-state index in [1.54, 1.807) is 16.8 Å². The minimum atomic E-state index is -1.07. The summed E-state index contributed by atoms with van der Waals surface area (Å²) in [6.07, 6.45) is 1.53. The predicted octanol–water partition coefficient (Wildman–Crippen LogP) is 5.03. The number of rotatable bonds is 5. The highest BCUT2D eigenvalue weighted by atomic mass is 35.5. The predicted molar refractivity (Wildman–Crippen MR) is 108 cm³/mol. The first-order valence-electron chi connectivity index (χ1n) is 8.49. The van der Waals surface area contributed by atoms with E-state index in [1.807, 2.05) is 54.6 Å². The van der Waals surface area contributed by atoms with Crippen molar-refractivity contribution in [1.82, 2.24) is 14.8 Å². The van der Waals surface area contributed by atoms with Crippen LogP contribution in [0, 0.1) is 0 Å². The molecule has 4 aromatic rings. The molecule has 0 saturated heterocycles. The molecule has 0 atom stereocenters. The summed E-state index contributed by atoms with van der Waals surface area (Å²) in [4.78, 5) is 15.7. The maximum atomic E-state index is 11.5. The van der Waals surface area contributed by atoms with Crippen LogP contribution in [0.25, 0.3) is 16.9 Å². The summed E-state index contributed by atoms with van der Waals surface area (Å²) in [5.74, 6) is -0.293. The van der Waals surface area contributed by atoms with Gasteiger partial charge in [0.05, 0.1) is 16.4 Å². The Hall–Kier alpha value is -3.64. The lowest BCUT2D eigenvalue weighted by molar-refractivity contribution is 0.0697. The summed E-state index contributed by atoms with van der Waals surface area (Å²) in [7, 11) is 0. The largest absolute Gasteiger partial charge is 0.478 e. The molecular formula is C21H15ClN4O2. The van der Waals surface area contributed by atoms with Gasteiger partial charge in [0, 0.05) is 17.8 Å². The Morgan fingerprint density at radius 3 is 2.50 bits per heavy atom. The molecule has 0 spiro atoms. The molecule has 0 aliphatic carbocycles. The number of carboxylic acid groups (broad SMARTS) is 1. The second kappa shape index (κ2) is 7.54. The summed E-state index contributed by atoms with van der Waals surface area (Å²) >= 11 is 6.37. The Labute approximate surface area is 166 Å². The minimum Gasteiger partial charge on any atom is -0.478 e. The highest BCUT2D eigenvalue weighted by Crippen LogP contribution is 2.30. The summed E-state index contributed by atoms with van der Waals surface area (Å²) in [5, 5.41) is 17.7. The second-order valence-electron chi connectivity index (χ2n) is 5.97. The van der Waals surface area contributed by atoms with E-state index in [0.29, 0.717) is 16.5 Å². The maximum Gasteiger partial charge on any atom is 0.339 e. The molecule has 0 amide bonds. The molecule has 0 aliphatic rings. The monoisotopic (exact) mass is 390 g/mol. The van der Waals surface area contributed by atoms with E-state index in [-0.39, 0.29) is 11.4 Å². The first-order valence-corrected chi connectivity index (χ1v) is 8.87. The number of carboxylic acids is 1. The van der Waals surface area contributed by atoms with Crippen LogP contribution < -0.4 is 5.32 Å². The van der Waals surface area contributed by atoms with Gasteiger partial charge in [-0.15, -0.1) is 0 Å². The number of nitrogens with zero attached hydrogens (tertiary/aromatic N) is 3. The van der Waals surface area contributed by atoms with Gasteiger partial charge in [-0.05, 0) is 24.3 Å². The summed E-state index contributed by atoms with van der Waals surface area (Å²) in [6.45, 7) is 0. The average molecular weight is 391 g/mol. The standard InChI is InChI=1S/C21H15ClN4O2/c22-16-10-4-5-11-18(16)26-19(13-17(25-26)14-7-2-1-3-8-14)24-20-15(21(27)28)9-6-12-23-20/h1-13H,(H,23,24)(H,27,28). The van der Waals surface area contributed by atoms with Crippen molar-refractivity contribution in [3.63, 3.8) is 0 Å². The van der Waals surface area contributed by atoms with Gasteiger partial charge in [0.25, 0.3) is 0 Å². The molecule has 6 nitrogen and oxygen atoms in total. The van der Waals surface area contributed by atoms with Gasteiger partial charge in [-0.25, -0.2) is 14.5 Å². The Balaban J connectivity index is 1.85. The Morgan fingerprint density at radius 2 is 1.75 bits per heavy atom. The fraction of sp³-hybridized carbons (Fsp3) is 0. The van der Waals surface area contributed by atoms with Crippen molar-refractivity contribution in [3.05, 3.63) is 89.6 Å². The van der Waals surface area contributed by atoms with E-state index in [0.717, 1.165) is 11.3 Å². The van der Waals surface area contributed by atoms with Gasteiger partial charge in [0.1, 0.15) is 17.2 Å². The van der Waals surface area contributed by atoms with E-state index in [4.69, 9.17) is 11.6 Å². The van der Waals surface area contributed by atoms with Crippen molar-refractivity contribution >= 4 is 29.2 Å². The van der Waals surface area contributed by atoms with Gasteiger partial charge < -0.3 is 10.4 Å². The van der Waals surface area contributed by atoms with Crippen molar-refractivity contribution in [3.8, 4) is 16.9 Å². The molecule has 138 valence electrons. The fourth-order valence-corrected chi connectivity index (χ4v) is 3.04. The summed E-state index contributed by atoms with van der Waals surface area (Å²) in [5.41, 5.74) is 2.38. The van der Waals surface area contributed by atoms with Gasteiger partial charge in [0.2, 0.25) is 0 Å². The van der Waals surface area contributed by atoms with Crippen LogP contribution in [0.2, 0.25) is 5.02 Å². The molecule has 0 saturated carbocycles. The van der Waals surface area contributed by atoms with E-state index in [1.165, 1.54) is 12.3 Å². The van der Waals surface area contributed by atoms with Gasteiger partial charge in [-0.2, -0.15) is 5.10 Å². The van der Waals surface area contributed by atoms with Crippen LogP contribution in [0.4, 0.5) is 11.6 Å². The normalized spacial score (nSPS) is 10.6.